The van der Waals surface area contributed by atoms with E-state index in [1.165, 1.54) is 16.7 Å². The Morgan fingerprint density at radius 1 is 1.18 bits per heavy atom. The topological polar surface area (TPSA) is 64.9 Å². The van der Waals surface area contributed by atoms with Crippen molar-refractivity contribution in [3.63, 3.8) is 0 Å². The van der Waals surface area contributed by atoms with Crippen LogP contribution in [-0.4, -0.2) is 10.1 Å². The second-order valence-corrected chi connectivity index (χ2v) is 6.30. The average molecular weight is 322 g/mol. The molecule has 0 aliphatic heterocycles. The van der Waals surface area contributed by atoms with Crippen LogP contribution >= 0.6 is 12.4 Å². The van der Waals surface area contributed by atoms with Crippen molar-refractivity contribution in [3.05, 3.63) is 46.6 Å². The Morgan fingerprint density at radius 3 is 2.59 bits per heavy atom. The van der Waals surface area contributed by atoms with Crippen LogP contribution in [0.3, 0.4) is 0 Å². The van der Waals surface area contributed by atoms with Crippen molar-refractivity contribution in [2.45, 2.75) is 57.9 Å². The number of hydrogen-bond donors (Lipinski definition) is 1. The molecule has 0 unspecified atom stereocenters. The molecule has 1 aliphatic carbocycles. The molecule has 5 heteroatoms. The van der Waals surface area contributed by atoms with E-state index in [2.05, 4.69) is 42.2 Å². The summed E-state index contributed by atoms with van der Waals surface area (Å²) in [5, 5.41) is 4.11. The van der Waals surface area contributed by atoms with Crippen molar-refractivity contribution >= 4 is 12.4 Å². The summed E-state index contributed by atoms with van der Waals surface area (Å²) in [5.74, 6) is 1.39. The average Bonchev–Trinajstić information content (AvgIpc) is 3.08. The minimum atomic E-state index is -0.360. The Labute approximate surface area is 137 Å². The number of rotatable bonds is 4. The largest absolute Gasteiger partial charge is 0.339 e. The predicted octanol–water partition coefficient (Wildman–Crippen LogP) is 3.62. The van der Waals surface area contributed by atoms with E-state index >= 15 is 0 Å². The van der Waals surface area contributed by atoms with E-state index in [1.807, 2.05) is 0 Å². The van der Waals surface area contributed by atoms with Crippen molar-refractivity contribution in [2.24, 2.45) is 5.73 Å². The molecule has 0 bridgehead atoms. The van der Waals surface area contributed by atoms with Gasteiger partial charge in [0.05, 0.1) is 5.54 Å². The Balaban J connectivity index is 0.00000176. The molecule has 1 heterocycles. The van der Waals surface area contributed by atoms with E-state index in [1.54, 1.807) is 0 Å². The van der Waals surface area contributed by atoms with E-state index in [0.717, 1.165) is 38.5 Å². The number of hydrogen-bond acceptors (Lipinski definition) is 4. The monoisotopic (exact) mass is 321 g/mol. The van der Waals surface area contributed by atoms with Gasteiger partial charge in [-0.05, 0) is 44.2 Å². The smallest absolute Gasteiger partial charge is 0.227 e. The highest BCUT2D eigenvalue weighted by Gasteiger charge is 2.35. The van der Waals surface area contributed by atoms with Gasteiger partial charge in [-0.2, -0.15) is 4.98 Å². The maximum Gasteiger partial charge on any atom is 0.227 e. The van der Waals surface area contributed by atoms with Crippen LogP contribution in [0.4, 0.5) is 0 Å². The number of benzene rings is 1. The fraction of sp³-hybridized carbons (Fsp3) is 0.529. The molecule has 0 spiro atoms. The molecule has 1 saturated carbocycles. The first kappa shape index (κ1) is 17.0. The molecule has 0 atom stereocenters. The summed E-state index contributed by atoms with van der Waals surface area (Å²) in [6, 6.07) is 6.54. The quantitative estimate of drug-likeness (QED) is 0.934. The van der Waals surface area contributed by atoms with Crippen molar-refractivity contribution < 1.29 is 4.52 Å². The lowest BCUT2D eigenvalue weighted by Gasteiger charge is -2.17. The van der Waals surface area contributed by atoms with Crippen LogP contribution in [0, 0.1) is 13.8 Å². The maximum atomic E-state index is 6.36. The number of nitrogens with two attached hydrogens (primary N) is 1. The Morgan fingerprint density at radius 2 is 1.91 bits per heavy atom. The minimum Gasteiger partial charge on any atom is -0.339 e. The minimum absolute atomic E-state index is 0. The van der Waals surface area contributed by atoms with Crippen molar-refractivity contribution in [3.8, 4) is 0 Å². The first-order valence-corrected chi connectivity index (χ1v) is 7.75. The lowest BCUT2D eigenvalue weighted by Crippen LogP contribution is -2.34. The third-order valence-corrected chi connectivity index (χ3v) is 4.52. The van der Waals surface area contributed by atoms with Crippen LogP contribution in [0.25, 0.3) is 0 Å². The molecule has 1 aromatic carbocycles. The fourth-order valence-corrected chi connectivity index (χ4v) is 3.16. The summed E-state index contributed by atoms with van der Waals surface area (Å²) in [4.78, 5) is 4.52. The molecule has 1 fully saturated rings. The molecule has 0 amide bonds. The van der Waals surface area contributed by atoms with Crippen LogP contribution in [0.5, 0.6) is 0 Å². The molecule has 2 aromatic rings. The first-order chi connectivity index (χ1) is 10.1. The highest BCUT2D eigenvalue weighted by atomic mass is 35.5. The summed E-state index contributed by atoms with van der Waals surface area (Å²) in [6.45, 7) is 4.26. The van der Waals surface area contributed by atoms with Gasteiger partial charge < -0.3 is 10.3 Å². The van der Waals surface area contributed by atoms with Crippen molar-refractivity contribution in [1.82, 2.24) is 10.1 Å². The summed E-state index contributed by atoms with van der Waals surface area (Å²) >= 11 is 0. The Kier molecular flexibility index (Phi) is 5.24. The molecule has 0 saturated heterocycles. The molecule has 1 aliphatic rings. The Hall–Kier alpha value is -1.39. The zero-order valence-corrected chi connectivity index (χ0v) is 14.1. The van der Waals surface area contributed by atoms with Crippen molar-refractivity contribution in [2.75, 3.05) is 0 Å². The van der Waals surface area contributed by atoms with Gasteiger partial charge in [-0.15, -0.1) is 12.4 Å². The maximum absolute atomic E-state index is 6.36. The Bertz CT molecular complexity index is 633. The van der Waals surface area contributed by atoms with E-state index in [9.17, 15) is 0 Å². The number of aryl methyl sites for hydroxylation is 4. The molecule has 22 heavy (non-hydrogen) atoms. The van der Waals surface area contributed by atoms with Gasteiger partial charge in [-0.25, -0.2) is 0 Å². The van der Waals surface area contributed by atoms with Crippen LogP contribution < -0.4 is 5.73 Å². The highest BCUT2D eigenvalue weighted by Crippen LogP contribution is 2.34. The number of nitrogens with zero attached hydrogens (tertiary/aromatic N) is 2. The summed E-state index contributed by atoms with van der Waals surface area (Å²) < 4.78 is 5.39. The van der Waals surface area contributed by atoms with E-state index in [0.29, 0.717) is 11.7 Å². The zero-order valence-electron chi connectivity index (χ0n) is 13.3. The predicted molar refractivity (Wildman–Crippen MR) is 89.2 cm³/mol. The van der Waals surface area contributed by atoms with Crippen LogP contribution in [0.15, 0.2) is 22.7 Å². The normalized spacial score (nSPS) is 16.5. The third-order valence-electron chi connectivity index (χ3n) is 4.52. The molecular formula is C17H24ClN3O. The number of aromatic nitrogens is 2. The second kappa shape index (κ2) is 6.80. The second-order valence-electron chi connectivity index (χ2n) is 6.30. The van der Waals surface area contributed by atoms with Gasteiger partial charge in [0.2, 0.25) is 5.89 Å². The SMILES string of the molecule is Cc1ccc(CCc2nc(C3(N)CCCC3)no2)c(C)c1.Cl. The van der Waals surface area contributed by atoms with Gasteiger partial charge in [0.15, 0.2) is 5.82 Å². The van der Waals surface area contributed by atoms with E-state index in [-0.39, 0.29) is 17.9 Å². The van der Waals surface area contributed by atoms with Crippen molar-refractivity contribution in [1.29, 1.82) is 0 Å². The van der Waals surface area contributed by atoms with Gasteiger partial charge in [0.25, 0.3) is 0 Å². The summed E-state index contributed by atoms with van der Waals surface area (Å²) in [6.07, 6.45) is 5.93. The molecule has 0 radical (unpaired) electrons. The lowest BCUT2D eigenvalue weighted by atomic mass is 9.98. The van der Waals surface area contributed by atoms with E-state index < -0.39 is 0 Å². The molecule has 2 N–H and O–H groups in total. The van der Waals surface area contributed by atoms with E-state index in [4.69, 9.17) is 10.3 Å². The van der Waals surface area contributed by atoms with Crippen LogP contribution in [0.1, 0.15) is 54.1 Å². The summed E-state index contributed by atoms with van der Waals surface area (Å²) in [7, 11) is 0. The first-order valence-electron chi connectivity index (χ1n) is 7.75. The van der Waals surface area contributed by atoms with Gasteiger partial charge in [0, 0.05) is 6.42 Å². The van der Waals surface area contributed by atoms with Crippen LogP contribution in [-0.2, 0) is 18.4 Å². The molecule has 3 rings (SSSR count). The zero-order chi connectivity index (χ0) is 14.9. The van der Waals surface area contributed by atoms with Gasteiger partial charge in [0.1, 0.15) is 0 Å². The van der Waals surface area contributed by atoms with Gasteiger partial charge >= 0.3 is 0 Å². The molecule has 120 valence electrons. The van der Waals surface area contributed by atoms with Gasteiger partial charge in [-0.3, -0.25) is 0 Å². The fourth-order valence-electron chi connectivity index (χ4n) is 3.16. The lowest BCUT2D eigenvalue weighted by molar-refractivity contribution is 0.348. The van der Waals surface area contributed by atoms with Crippen LogP contribution in [0.2, 0.25) is 0 Å². The third kappa shape index (κ3) is 3.50. The summed E-state index contributed by atoms with van der Waals surface area (Å²) in [5.41, 5.74) is 9.95. The molecule has 1 aromatic heterocycles. The molecular weight excluding hydrogens is 298 g/mol. The standard InChI is InChI=1S/C17H23N3O.ClH/c1-12-5-6-14(13(2)11-12)7-8-15-19-16(20-21-15)17(18)9-3-4-10-17;/h5-6,11H,3-4,7-10,18H2,1-2H3;1H. The highest BCUT2D eigenvalue weighted by molar-refractivity contribution is 5.85. The number of halogens is 1. The molecule has 4 nitrogen and oxygen atoms in total. The van der Waals surface area contributed by atoms with Gasteiger partial charge in [-0.1, -0.05) is 41.8 Å².